The molecule has 3 amide bonds. The molecule has 4 N–H and O–H groups in total. The van der Waals surface area contributed by atoms with Gasteiger partial charge in [0.25, 0.3) is 5.91 Å². The van der Waals surface area contributed by atoms with Crippen molar-refractivity contribution in [3.63, 3.8) is 0 Å². The number of nitrogens with two attached hydrogens (primary N) is 1. The molecule has 0 bridgehead atoms. The molecule has 0 radical (unpaired) electrons. The van der Waals surface area contributed by atoms with Gasteiger partial charge in [0, 0.05) is 35.8 Å². The summed E-state index contributed by atoms with van der Waals surface area (Å²) < 4.78 is 77.5. The zero-order valence-electron chi connectivity index (χ0n) is 20.1. The van der Waals surface area contributed by atoms with E-state index in [0.717, 1.165) is 0 Å². The third-order valence-corrected chi connectivity index (χ3v) is 6.33. The van der Waals surface area contributed by atoms with Crippen LogP contribution < -0.4 is 16.4 Å². The van der Waals surface area contributed by atoms with Crippen molar-refractivity contribution >= 4 is 40.7 Å². The van der Waals surface area contributed by atoms with Gasteiger partial charge in [-0.05, 0) is 18.9 Å². The van der Waals surface area contributed by atoms with Gasteiger partial charge in [-0.25, -0.2) is 4.99 Å². The Balaban J connectivity index is 1.99. The van der Waals surface area contributed by atoms with Crippen molar-refractivity contribution < 1.29 is 40.7 Å². The Morgan fingerprint density at radius 2 is 1.54 bits per heavy atom. The number of nitrogens with one attached hydrogen (secondary N) is 2. The molecule has 1 heterocycles. The van der Waals surface area contributed by atoms with Gasteiger partial charge in [0.2, 0.25) is 18.0 Å². The van der Waals surface area contributed by atoms with Crippen LogP contribution in [0.4, 0.5) is 32.0 Å². The Kier molecular flexibility index (Phi) is 9.26. The first-order valence-corrected chi connectivity index (χ1v) is 12.0. The number of halogens is 7. The molecular formula is C25H23ClF6N4O3. The van der Waals surface area contributed by atoms with Gasteiger partial charge in [-0.3, -0.25) is 14.4 Å². The van der Waals surface area contributed by atoms with Crippen LogP contribution >= 0.6 is 11.6 Å². The second-order valence-electron chi connectivity index (χ2n) is 8.83. The summed E-state index contributed by atoms with van der Waals surface area (Å²) in [6.07, 6.45) is -16.4. The average Bonchev–Trinajstić information content (AvgIpc) is 2.97. The van der Waals surface area contributed by atoms with Gasteiger partial charge >= 0.3 is 12.4 Å². The van der Waals surface area contributed by atoms with Gasteiger partial charge in [0.05, 0.1) is 16.4 Å². The minimum atomic E-state index is -4.78. The van der Waals surface area contributed by atoms with E-state index >= 15 is 0 Å². The summed E-state index contributed by atoms with van der Waals surface area (Å²) in [6.45, 7) is 0. The van der Waals surface area contributed by atoms with Crippen molar-refractivity contribution in [3.8, 4) is 0 Å². The Morgan fingerprint density at radius 3 is 2.10 bits per heavy atom. The number of rotatable bonds is 9. The minimum Gasteiger partial charge on any atom is -0.369 e. The summed E-state index contributed by atoms with van der Waals surface area (Å²) in [5, 5.41) is 4.85. The van der Waals surface area contributed by atoms with E-state index in [9.17, 15) is 40.7 Å². The number of anilines is 1. The molecule has 0 saturated carbocycles. The monoisotopic (exact) mass is 576 g/mol. The molecule has 7 nitrogen and oxygen atoms in total. The number of hydrogen-bond acceptors (Lipinski definition) is 4. The lowest BCUT2D eigenvalue weighted by Gasteiger charge is -2.26. The molecule has 1 aliphatic heterocycles. The molecule has 14 heteroatoms. The number of amides is 3. The molecule has 3 atom stereocenters. The van der Waals surface area contributed by atoms with Crippen LogP contribution in [0.15, 0.2) is 53.5 Å². The zero-order valence-corrected chi connectivity index (χ0v) is 20.8. The lowest BCUT2D eigenvalue weighted by atomic mass is 9.83. The van der Waals surface area contributed by atoms with Crippen molar-refractivity contribution in [2.75, 3.05) is 5.32 Å². The number of alkyl halides is 6. The highest BCUT2D eigenvalue weighted by Crippen LogP contribution is 2.34. The van der Waals surface area contributed by atoms with E-state index in [1.54, 1.807) is 42.5 Å². The number of primary amides is 1. The van der Waals surface area contributed by atoms with E-state index in [4.69, 9.17) is 17.3 Å². The highest BCUT2D eigenvalue weighted by molar-refractivity contribution is 6.36. The van der Waals surface area contributed by atoms with Crippen molar-refractivity contribution in [1.29, 1.82) is 0 Å². The van der Waals surface area contributed by atoms with Gasteiger partial charge in [-0.2, -0.15) is 26.3 Å². The van der Waals surface area contributed by atoms with Crippen LogP contribution in [-0.2, 0) is 14.4 Å². The first-order chi connectivity index (χ1) is 18.2. The molecular weight excluding hydrogens is 554 g/mol. The maximum atomic E-state index is 13.2. The summed E-state index contributed by atoms with van der Waals surface area (Å²) in [5.41, 5.74) is 6.47. The SMILES string of the molecule is NC(=O)[C@H](CCC(F)(F)F)[C@H](CCC(F)(F)F)C(=O)N[C@H]1N=C(c2ccccc2)c2cccc(Cl)c2NC1=O. The predicted molar refractivity (Wildman–Crippen MR) is 131 cm³/mol. The van der Waals surface area contributed by atoms with E-state index in [-0.39, 0.29) is 16.4 Å². The highest BCUT2D eigenvalue weighted by Gasteiger charge is 2.40. The number of carbonyl (C=O) groups is 3. The maximum absolute atomic E-state index is 13.2. The third kappa shape index (κ3) is 8.19. The summed E-state index contributed by atoms with van der Waals surface area (Å²) in [6, 6.07) is 13.1. The van der Waals surface area contributed by atoms with Gasteiger partial charge in [0.1, 0.15) is 0 Å². The molecule has 2 aromatic carbocycles. The number of hydrogen-bond donors (Lipinski definition) is 3. The summed E-state index contributed by atoms with van der Waals surface area (Å²) in [7, 11) is 0. The molecule has 0 fully saturated rings. The predicted octanol–water partition coefficient (Wildman–Crippen LogP) is 4.97. The Morgan fingerprint density at radius 1 is 0.949 bits per heavy atom. The lowest BCUT2D eigenvalue weighted by Crippen LogP contribution is -2.48. The molecule has 0 aliphatic carbocycles. The van der Waals surface area contributed by atoms with Crippen LogP contribution in [0.5, 0.6) is 0 Å². The number of benzene rings is 2. The van der Waals surface area contributed by atoms with Crippen LogP contribution in [0.1, 0.15) is 36.8 Å². The second kappa shape index (κ2) is 12.1. The number of nitrogens with zero attached hydrogens (tertiary/aromatic N) is 1. The fourth-order valence-electron chi connectivity index (χ4n) is 4.16. The average molecular weight is 577 g/mol. The first kappa shape index (κ1) is 29.9. The van der Waals surface area contributed by atoms with Gasteiger partial charge in [-0.15, -0.1) is 0 Å². The van der Waals surface area contributed by atoms with Gasteiger partial charge in [0.15, 0.2) is 0 Å². The molecule has 210 valence electrons. The number of aliphatic imine (C=N–C) groups is 1. The third-order valence-electron chi connectivity index (χ3n) is 6.02. The van der Waals surface area contributed by atoms with Crippen molar-refractivity contribution in [3.05, 3.63) is 64.7 Å². The van der Waals surface area contributed by atoms with E-state index < -0.39 is 73.8 Å². The molecule has 0 aromatic heterocycles. The number of para-hydroxylation sites is 1. The molecule has 39 heavy (non-hydrogen) atoms. The first-order valence-electron chi connectivity index (χ1n) is 11.6. The molecule has 3 rings (SSSR count). The van der Waals surface area contributed by atoms with Crippen LogP contribution in [0, 0.1) is 11.8 Å². The number of carbonyl (C=O) groups excluding carboxylic acids is 3. The highest BCUT2D eigenvalue weighted by atomic mass is 35.5. The zero-order chi connectivity index (χ0) is 29.0. The van der Waals surface area contributed by atoms with Crippen LogP contribution in [0.2, 0.25) is 5.02 Å². The van der Waals surface area contributed by atoms with Crippen LogP contribution in [0.25, 0.3) is 0 Å². The maximum Gasteiger partial charge on any atom is 0.389 e. The number of benzodiazepines with no additional fused rings is 1. The second-order valence-corrected chi connectivity index (χ2v) is 9.24. The van der Waals surface area contributed by atoms with E-state index in [1.807, 2.05) is 0 Å². The number of fused-ring (bicyclic) bond motifs is 1. The topological polar surface area (TPSA) is 114 Å². The van der Waals surface area contributed by atoms with E-state index in [1.165, 1.54) is 6.07 Å². The fourth-order valence-corrected chi connectivity index (χ4v) is 4.38. The molecule has 0 saturated heterocycles. The Bertz CT molecular complexity index is 1250. The van der Waals surface area contributed by atoms with E-state index in [2.05, 4.69) is 15.6 Å². The van der Waals surface area contributed by atoms with Crippen LogP contribution in [-0.4, -0.2) is 42.0 Å². The Labute approximate surface area is 223 Å². The standard InChI is InChI=1S/C25H23ClF6N4O3/c26-17-8-4-7-16-18(13-5-2-1-3-6-13)34-21(23(39)35-19(16)17)36-22(38)15(10-12-25(30,31)32)14(20(33)37)9-11-24(27,28)29/h1-8,14-15,21H,9-12H2,(H2,33,37)(H,35,39)(H,36,38)/t14-,15+,21-/m1/s1. The largest absolute Gasteiger partial charge is 0.389 e. The molecule has 1 aliphatic rings. The van der Waals surface area contributed by atoms with Gasteiger partial charge in [-0.1, -0.05) is 54.1 Å². The lowest BCUT2D eigenvalue weighted by molar-refractivity contribution is -0.152. The Hall–Kier alpha value is -3.61. The van der Waals surface area contributed by atoms with Crippen molar-refractivity contribution in [2.45, 2.75) is 44.2 Å². The van der Waals surface area contributed by atoms with Gasteiger partial charge < -0.3 is 16.4 Å². The molecule has 0 spiro atoms. The normalized spacial score (nSPS) is 17.3. The molecule has 0 unspecified atom stereocenters. The van der Waals surface area contributed by atoms with Crippen molar-refractivity contribution in [2.24, 2.45) is 22.6 Å². The van der Waals surface area contributed by atoms with E-state index in [0.29, 0.717) is 11.1 Å². The summed E-state index contributed by atoms with van der Waals surface area (Å²) >= 11 is 6.26. The summed E-state index contributed by atoms with van der Waals surface area (Å²) in [5.74, 6) is -7.36. The van der Waals surface area contributed by atoms with Crippen LogP contribution in [0.3, 0.4) is 0 Å². The smallest absolute Gasteiger partial charge is 0.369 e. The molecule has 2 aromatic rings. The van der Waals surface area contributed by atoms with Crippen molar-refractivity contribution in [1.82, 2.24) is 5.32 Å². The quantitative estimate of drug-likeness (QED) is 0.366. The summed E-state index contributed by atoms with van der Waals surface area (Å²) in [4.78, 5) is 42.5. The minimum absolute atomic E-state index is 0.139. The fraction of sp³-hybridized carbons (Fsp3) is 0.360.